The number of nitrogens with zero attached hydrogens (tertiary/aromatic N) is 1. The Kier molecular flexibility index (Phi) is 6.64. The minimum absolute atomic E-state index is 0.0410. The molecule has 0 aliphatic heterocycles. The molecule has 1 heterocycles. The van der Waals surface area contributed by atoms with Gasteiger partial charge in [0, 0.05) is 30.9 Å². The molecule has 2 rings (SSSR count). The predicted molar refractivity (Wildman–Crippen MR) is 96.3 cm³/mol. The van der Waals surface area contributed by atoms with Gasteiger partial charge in [0.25, 0.3) is 5.91 Å². The third-order valence-electron chi connectivity index (χ3n) is 3.85. The van der Waals surface area contributed by atoms with Crippen molar-refractivity contribution in [1.29, 1.82) is 0 Å². The van der Waals surface area contributed by atoms with Crippen LogP contribution in [0.3, 0.4) is 0 Å². The summed E-state index contributed by atoms with van der Waals surface area (Å²) in [6, 6.07) is 2.92. The molecule has 0 saturated heterocycles. The molecular weight excluding hydrogens is 374 g/mol. The number of allylic oxidation sites excluding steroid dienone is 1. The van der Waals surface area contributed by atoms with E-state index in [2.05, 4.69) is 16.6 Å². The molecule has 0 aliphatic rings. The molecule has 0 spiro atoms. The zero-order valence-corrected chi connectivity index (χ0v) is 15.3. The van der Waals surface area contributed by atoms with Gasteiger partial charge in [-0.1, -0.05) is 12.1 Å². The van der Waals surface area contributed by atoms with Crippen molar-refractivity contribution >= 4 is 11.9 Å². The van der Waals surface area contributed by atoms with Crippen LogP contribution in [0.2, 0.25) is 0 Å². The maximum atomic E-state index is 13.7. The lowest BCUT2D eigenvalue weighted by Crippen LogP contribution is -2.32. The molecule has 1 amide bonds. The number of nitrogens with one attached hydrogen (secondary N) is 1. The normalized spacial score (nSPS) is 10.3. The van der Waals surface area contributed by atoms with Crippen molar-refractivity contribution in [3.63, 3.8) is 0 Å². The SMILES string of the molecule is C=CCn1cc(C(=O)NCc2ccc(F)cc2F)c(=O)c(OC)c1C(=O)OC. The largest absolute Gasteiger partial charge is 0.491 e. The number of hydrogen-bond acceptors (Lipinski definition) is 5. The van der Waals surface area contributed by atoms with Crippen molar-refractivity contribution in [1.82, 2.24) is 9.88 Å². The van der Waals surface area contributed by atoms with Gasteiger partial charge in [0.1, 0.15) is 17.2 Å². The Morgan fingerprint density at radius 1 is 1.29 bits per heavy atom. The fourth-order valence-corrected chi connectivity index (χ4v) is 2.52. The highest BCUT2D eigenvalue weighted by Crippen LogP contribution is 2.17. The first kappa shape index (κ1) is 20.8. The van der Waals surface area contributed by atoms with Gasteiger partial charge in [0.2, 0.25) is 5.43 Å². The van der Waals surface area contributed by atoms with E-state index in [1.54, 1.807) is 0 Å². The number of halogens is 2. The molecule has 9 heteroatoms. The average Bonchev–Trinajstić information content (AvgIpc) is 2.67. The van der Waals surface area contributed by atoms with E-state index in [1.807, 2.05) is 0 Å². The smallest absolute Gasteiger partial charge is 0.358 e. The summed E-state index contributed by atoms with van der Waals surface area (Å²) in [7, 11) is 2.32. The van der Waals surface area contributed by atoms with Crippen LogP contribution in [0.15, 0.2) is 41.8 Å². The minimum Gasteiger partial charge on any atom is -0.491 e. The monoisotopic (exact) mass is 392 g/mol. The van der Waals surface area contributed by atoms with Crippen LogP contribution < -0.4 is 15.5 Å². The fourth-order valence-electron chi connectivity index (χ4n) is 2.52. The van der Waals surface area contributed by atoms with Crippen LogP contribution in [0, 0.1) is 11.6 Å². The van der Waals surface area contributed by atoms with Crippen molar-refractivity contribution in [3.05, 3.63) is 75.7 Å². The highest BCUT2D eigenvalue weighted by atomic mass is 19.1. The average molecular weight is 392 g/mol. The molecule has 7 nitrogen and oxygen atoms in total. The Labute approximate surface area is 159 Å². The van der Waals surface area contributed by atoms with Crippen molar-refractivity contribution in [2.45, 2.75) is 13.1 Å². The van der Waals surface area contributed by atoms with Crippen LogP contribution >= 0.6 is 0 Å². The summed E-state index contributed by atoms with van der Waals surface area (Å²) < 4.78 is 37.6. The number of amides is 1. The number of aromatic nitrogens is 1. The van der Waals surface area contributed by atoms with Crippen LogP contribution in [0.1, 0.15) is 26.4 Å². The van der Waals surface area contributed by atoms with Gasteiger partial charge < -0.3 is 19.4 Å². The Hall–Kier alpha value is -3.49. The van der Waals surface area contributed by atoms with Crippen molar-refractivity contribution in [3.8, 4) is 5.75 Å². The Morgan fingerprint density at radius 2 is 2.00 bits per heavy atom. The summed E-state index contributed by atoms with van der Waals surface area (Å²) >= 11 is 0. The molecule has 0 bridgehead atoms. The van der Waals surface area contributed by atoms with E-state index < -0.39 is 28.9 Å². The van der Waals surface area contributed by atoms with E-state index in [9.17, 15) is 23.2 Å². The number of carbonyl (C=O) groups excluding carboxylic acids is 2. The fraction of sp³-hybridized carbons (Fsp3) is 0.211. The summed E-state index contributed by atoms with van der Waals surface area (Å²) in [5.74, 6) is -3.59. The van der Waals surface area contributed by atoms with Gasteiger partial charge in [-0.15, -0.1) is 6.58 Å². The van der Waals surface area contributed by atoms with E-state index >= 15 is 0 Å². The molecule has 0 aliphatic carbocycles. The van der Waals surface area contributed by atoms with Crippen LogP contribution in [0.25, 0.3) is 0 Å². The van der Waals surface area contributed by atoms with E-state index in [0.29, 0.717) is 6.07 Å². The zero-order valence-electron chi connectivity index (χ0n) is 15.3. The number of benzene rings is 1. The number of rotatable bonds is 7. The van der Waals surface area contributed by atoms with Gasteiger partial charge in [-0.25, -0.2) is 13.6 Å². The number of hydrogen-bond donors (Lipinski definition) is 1. The van der Waals surface area contributed by atoms with Gasteiger partial charge >= 0.3 is 5.97 Å². The summed E-state index contributed by atoms with van der Waals surface area (Å²) in [4.78, 5) is 37.1. The second kappa shape index (κ2) is 8.94. The number of ether oxygens (including phenoxy) is 2. The first-order valence-electron chi connectivity index (χ1n) is 8.06. The summed E-state index contributed by atoms with van der Waals surface area (Å²) in [5.41, 5.74) is -1.29. The molecule has 0 atom stereocenters. The van der Waals surface area contributed by atoms with Crippen molar-refractivity contribution < 1.29 is 27.8 Å². The number of pyridine rings is 1. The molecule has 0 radical (unpaired) electrons. The third-order valence-corrected chi connectivity index (χ3v) is 3.85. The lowest BCUT2D eigenvalue weighted by Gasteiger charge is -2.15. The standard InChI is InChI=1S/C19H18F2N2O5/c1-4-7-23-10-13(16(24)17(27-2)15(23)19(26)28-3)18(25)22-9-11-5-6-12(20)8-14(11)21/h4-6,8,10H,1,7,9H2,2-3H3,(H,22,25). The van der Waals surface area contributed by atoms with Gasteiger partial charge in [0.05, 0.1) is 14.2 Å². The minimum atomic E-state index is -0.833. The summed E-state index contributed by atoms with van der Waals surface area (Å²) in [6.07, 6.45) is 2.61. The molecule has 2 aromatic rings. The topological polar surface area (TPSA) is 86.6 Å². The highest BCUT2D eigenvalue weighted by molar-refractivity contribution is 5.96. The molecular formula is C19H18F2N2O5. The zero-order chi connectivity index (χ0) is 20.8. The van der Waals surface area contributed by atoms with E-state index in [1.165, 1.54) is 23.8 Å². The Bertz CT molecular complexity index is 985. The lowest BCUT2D eigenvalue weighted by molar-refractivity contribution is 0.0582. The highest BCUT2D eigenvalue weighted by Gasteiger charge is 2.25. The molecule has 148 valence electrons. The number of methoxy groups -OCH3 is 2. The third kappa shape index (κ3) is 4.25. The van der Waals surface area contributed by atoms with E-state index in [0.717, 1.165) is 19.4 Å². The van der Waals surface area contributed by atoms with Crippen LogP contribution in [0.5, 0.6) is 5.75 Å². The summed E-state index contributed by atoms with van der Waals surface area (Å²) in [6.45, 7) is 3.38. The molecule has 0 saturated carbocycles. The van der Waals surface area contributed by atoms with Gasteiger partial charge in [0.15, 0.2) is 11.4 Å². The van der Waals surface area contributed by atoms with Crippen LogP contribution in [0.4, 0.5) is 8.78 Å². The second-order valence-corrected chi connectivity index (χ2v) is 5.60. The van der Waals surface area contributed by atoms with Crippen molar-refractivity contribution in [2.24, 2.45) is 0 Å². The number of carbonyl (C=O) groups is 2. The molecule has 1 aromatic heterocycles. The molecule has 1 N–H and O–H groups in total. The molecule has 0 unspecified atom stereocenters. The predicted octanol–water partition coefficient (Wildman–Crippen LogP) is 2.04. The quantitative estimate of drug-likeness (QED) is 0.576. The van der Waals surface area contributed by atoms with Gasteiger partial charge in [-0.2, -0.15) is 0 Å². The van der Waals surface area contributed by atoms with Crippen LogP contribution in [-0.4, -0.2) is 30.7 Å². The summed E-state index contributed by atoms with van der Waals surface area (Å²) in [5, 5.41) is 2.39. The van der Waals surface area contributed by atoms with E-state index in [4.69, 9.17) is 4.74 Å². The van der Waals surface area contributed by atoms with E-state index in [-0.39, 0.29) is 35.7 Å². The first-order valence-corrected chi connectivity index (χ1v) is 8.06. The van der Waals surface area contributed by atoms with Crippen LogP contribution in [-0.2, 0) is 17.8 Å². The van der Waals surface area contributed by atoms with Gasteiger partial charge in [-0.05, 0) is 6.07 Å². The second-order valence-electron chi connectivity index (χ2n) is 5.60. The van der Waals surface area contributed by atoms with Crippen molar-refractivity contribution in [2.75, 3.05) is 14.2 Å². The van der Waals surface area contributed by atoms with Gasteiger partial charge in [-0.3, -0.25) is 9.59 Å². The molecule has 0 fully saturated rings. The lowest BCUT2D eigenvalue weighted by atomic mass is 10.1. The molecule has 1 aromatic carbocycles. The Morgan fingerprint density at radius 3 is 2.57 bits per heavy atom. The Balaban J connectivity index is 2.42. The maximum absolute atomic E-state index is 13.7. The maximum Gasteiger partial charge on any atom is 0.358 e. The molecule has 28 heavy (non-hydrogen) atoms. The first-order chi connectivity index (χ1) is 13.3. The number of esters is 1.